The third-order valence-electron chi connectivity index (χ3n) is 2.36. The largest absolute Gasteiger partial charge is 0.460 e. The number of ether oxygens (including phenoxy) is 2. The maximum absolute atomic E-state index is 11.7. The van der Waals surface area contributed by atoms with E-state index in [0.717, 1.165) is 0 Å². The molecular formula is C11H19NO4. The number of hydrogen-bond acceptors (Lipinski definition) is 4. The van der Waals surface area contributed by atoms with E-state index in [9.17, 15) is 9.59 Å². The van der Waals surface area contributed by atoms with Gasteiger partial charge in [0.05, 0.1) is 13.0 Å². The molecule has 0 aromatic heterocycles. The highest BCUT2D eigenvalue weighted by molar-refractivity contribution is 5.75. The Balaban J connectivity index is 2.47. The van der Waals surface area contributed by atoms with Gasteiger partial charge >= 0.3 is 12.1 Å². The summed E-state index contributed by atoms with van der Waals surface area (Å²) in [5.74, 6) is -0.461. The molecule has 1 heterocycles. The van der Waals surface area contributed by atoms with Gasteiger partial charge in [-0.15, -0.1) is 0 Å². The molecule has 1 rings (SSSR count). The molecule has 0 aliphatic carbocycles. The second-order valence-corrected chi connectivity index (χ2v) is 4.94. The molecule has 0 saturated carbocycles. The summed E-state index contributed by atoms with van der Waals surface area (Å²) in [4.78, 5) is 24.5. The van der Waals surface area contributed by atoms with Crippen molar-refractivity contribution in [3.8, 4) is 0 Å². The number of likely N-dealkylation sites (tertiary alicyclic amines) is 1. The Hall–Kier alpha value is -1.26. The zero-order valence-electron chi connectivity index (χ0n) is 10.3. The van der Waals surface area contributed by atoms with Gasteiger partial charge in [0.2, 0.25) is 0 Å². The summed E-state index contributed by atoms with van der Waals surface area (Å²) in [6.45, 7) is 6.44. The average Bonchev–Trinajstić information content (AvgIpc) is 2.62. The number of rotatable bonds is 1. The van der Waals surface area contributed by atoms with Gasteiger partial charge in [0.15, 0.2) is 0 Å². The van der Waals surface area contributed by atoms with Crippen molar-refractivity contribution in [1.82, 2.24) is 4.90 Å². The molecule has 1 atom stereocenters. The Kier molecular flexibility index (Phi) is 3.78. The molecule has 0 radical (unpaired) electrons. The van der Waals surface area contributed by atoms with Crippen molar-refractivity contribution in [2.75, 3.05) is 20.2 Å². The number of methoxy groups -OCH3 is 1. The fraction of sp³-hybridized carbons (Fsp3) is 0.818. The first-order chi connectivity index (χ1) is 7.33. The Morgan fingerprint density at radius 3 is 2.44 bits per heavy atom. The van der Waals surface area contributed by atoms with E-state index in [0.29, 0.717) is 19.5 Å². The van der Waals surface area contributed by atoms with Gasteiger partial charge < -0.3 is 14.4 Å². The minimum absolute atomic E-state index is 0.224. The molecule has 92 valence electrons. The van der Waals surface area contributed by atoms with Crippen LogP contribution in [-0.4, -0.2) is 42.8 Å². The fourth-order valence-corrected chi connectivity index (χ4v) is 1.63. The van der Waals surface area contributed by atoms with E-state index in [1.165, 1.54) is 12.0 Å². The first-order valence-corrected chi connectivity index (χ1v) is 5.39. The van der Waals surface area contributed by atoms with E-state index in [4.69, 9.17) is 4.74 Å². The van der Waals surface area contributed by atoms with Crippen molar-refractivity contribution in [3.05, 3.63) is 0 Å². The number of hydrogen-bond donors (Lipinski definition) is 0. The van der Waals surface area contributed by atoms with Crippen LogP contribution in [0, 0.1) is 5.92 Å². The van der Waals surface area contributed by atoms with Gasteiger partial charge in [0.25, 0.3) is 0 Å². The second-order valence-electron chi connectivity index (χ2n) is 4.94. The van der Waals surface area contributed by atoms with E-state index in [-0.39, 0.29) is 18.0 Å². The first-order valence-electron chi connectivity index (χ1n) is 5.39. The van der Waals surface area contributed by atoms with Gasteiger partial charge in [-0.05, 0) is 27.2 Å². The molecule has 0 aromatic rings. The van der Waals surface area contributed by atoms with Crippen LogP contribution in [0.4, 0.5) is 4.79 Å². The molecule has 1 fully saturated rings. The third kappa shape index (κ3) is 3.40. The minimum Gasteiger partial charge on any atom is -0.460 e. The van der Waals surface area contributed by atoms with Crippen molar-refractivity contribution in [2.24, 2.45) is 5.92 Å². The van der Waals surface area contributed by atoms with Crippen LogP contribution < -0.4 is 0 Å². The van der Waals surface area contributed by atoms with Crippen molar-refractivity contribution in [1.29, 1.82) is 0 Å². The lowest BCUT2D eigenvalue weighted by Gasteiger charge is -2.22. The summed E-state index contributed by atoms with van der Waals surface area (Å²) < 4.78 is 9.86. The topological polar surface area (TPSA) is 55.8 Å². The fourth-order valence-electron chi connectivity index (χ4n) is 1.63. The number of nitrogens with zero attached hydrogens (tertiary/aromatic N) is 1. The van der Waals surface area contributed by atoms with Crippen LogP contribution in [0.3, 0.4) is 0 Å². The molecule has 0 bridgehead atoms. The molecule has 5 nitrogen and oxygen atoms in total. The standard InChI is InChI=1S/C11H19NO4/c1-11(2,3)16-9(13)8-5-6-12(7-8)10(14)15-4/h8H,5-7H2,1-4H3. The van der Waals surface area contributed by atoms with Gasteiger partial charge in [-0.25, -0.2) is 4.79 Å². The molecule has 1 aliphatic rings. The molecule has 0 N–H and O–H groups in total. The van der Waals surface area contributed by atoms with Crippen LogP contribution in [0.25, 0.3) is 0 Å². The van der Waals surface area contributed by atoms with E-state index >= 15 is 0 Å². The Labute approximate surface area is 95.7 Å². The smallest absolute Gasteiger partial charge is 0.409 e. The van der Waals surface area contributed by atoms with Crippen LogP contribution in [-0.2, 0) is 14.3 Å². The van der Waals surface area contributed by atoms with Gasteiger partial charge in [0.1, 0.15) is 5.60 Å². The molecule has 1 amide bonds. The lowest BCUT2D eigenvalue weighted by atomic mass is 10.1. The molecule has 1 saturated heterocycles. The highest BCUT2D eigenvalue weighted by Crippen LogP contribution is 2.21. The summed E-state index contributed by atoms with van der Waals surface area (Å²) in [6, 6.07) is 0. The van der Waals surface area contributed by atoms with Crippen LogP contribution in [0.15, 0.2) is 0 Å². The first kappa shape index (κ1) is 12.8. The molecule has 5 heteroatoms. The summed E-state index contributed by atoms with van der Waals surface area (Å²) in [5, 5.41) is 0. The van der Waals surface area contributed by atoms with Gasteiger partial charge in [0, 0.05) is 13.1 Å². The van der Waals surface area contributed by atoms with E-state index in [1.54, 1.807) is 0 Å². The molecule has 0 spiro atoms. The summed E-state index contributed by atoms with van der Waals surface area (Å²) in [6.07, 6.45) is 0.260. The maximum atomic E-state index is 11.7. The monoisotopic (exact) mass is 229 g/mol. The number of esters is 1. The summed E-state index contributed by atoms with van der Waals surface area (Å²) >= 11 is 0. The number of amides is 1. The number of carbonyl (C=O) groups is 2. The van der Waals surface area contributed by atoms with Crippen molar-refractivity contribution in [3.63, 3.8) is 0 Å². The second kappa shape index (κ2) is 4.72. The summed E-state index contributed by atoms with van der Waals surface area (Å²) in [5.41, 5.74) is -0.476. The number of carbonyl (C=O) groups excluding carboxylic acids is 2. The maximum Gasteiger partial charge on any atom is 0.409 e. The third-order valence-corrected chi connectivity index (χ3v) is 2.36. The van der Waals surface area contributed by atoms with Crippen molar-refractivity contribution >= 4 is 12.1 Å². The van der Waals surface area contributed by atoms with E-state index < -0.39 is 5.60 Å². The SMILES string of the molecule is COC(=O)N1CCC(C(=O)OC(C)(C)C)C1. The molecule has 16 heavy (non-hydrogen) atoms. The van der Waals surface area contributed by atoms with E-state index in [2.05, 4.69) is 4.74 Å². The Morgan fingerprint density at radius 2 is 1.94 bits per heavy atom. The summed E-state index contributed by atoms with van der Waals surface area (Å²) in [7, 11) is 1.34. The highest BCUT2D eigenvalue weighted by Gasteiger charge is 2.34. The van der Waals surface area contributed by atoms with Crippen molar-refractivity contribution in [2.45, 2.75) is 32.8 Å². The highest BCUT2D eigenvalue weighted by atomic mass is 16.6. The molecule has 1 aliphatic heterocycles. The van der Waals surface area contributed by atoms with Gasteiger partial charge in [-0.3, -0.25) is 4.79 Å². The zero-order chi connectivity index (χ0) is 12.3. The Bertz CT molecular complexity index is 282. The van der Waals surface area contributed by atoms with Crippen LogP contribution >= 0.6 is 0 Å². The lowest BCUT2D eigenvalue weighted by molar-refractivity contribution is -0.159. The molecular weight excluding hydrogens is 210 g/mol. The normalized spacial score (nSPS) is 20.8. The average molecular weight is 229 g/mol. The van der Waals surface area contributed by atoms with Crippen LogP contribution in [0.2, 0.25) is 0 Å². The van der Waals surface area contributed by atoms with Gasteiger partial charge in [-0.2, -0.15) is 0 Å². The zero-order valence-corrected chi connectivity index (χ0v) is 10.3. The van der Waals surface area contributed by atoms with Crippen molar-refractivity contribution < 1.29 is 19.1 Å². The van der Waals surface area contributed by atoms with E-state index in [1.807, 2.05) is 20.8 Å². The van der Waals surface area contributed by atoms with Gasteiger partial charge in [-0.1, -0.05) is 0 Å². The predicted octanol–water partition coefficient (Wildman–Crippen LogP) is 1.42. The minimum atomic E-state index is -0.476. The van der Waals surface area contributed by atoms with Crippen LogP contribution in [0.1, 0.15) is 27.2 Å². The lowest BCUT2D eigenvalue weighted by Crippen LogP contribution is -2.32. The molecule has 1 unspecified atom stereocenters. The molecule has 0 aromatic carbocycles. The quantitative estimate of drug-likeness (QED) is 0.638. The predicted molar refractivity (Wildman–Crippen MR) is 57.9 cm³/mol. The van der Waals surface area contributed by atoms with Crippen LogP contribution in [0.5, 0.6) is 0 Å². The Morgan fingerprint density at radius 1 is 1.31 bits per heavy atom.